The number of amides is 1. The fourth-order valence-corrected chi connectivity index (χ4v) is 3.40. The van der Waals surface area contributed by atoms with Gasteiger partial charge in [0.25, 0.3) is 5.91 Å². The van der Waals surface area contributed by atoms with Crippen LogP contribution < -0.4 is 0 Å². The van der Waals surface area contributed by atoms with Gasteiger partial charge in [-0.2, -0.15) is 0 Å². The fraction of sp³-hybridized carbons (Fsp3) is 0.368. The molecule has 4 nitrogen and oxygen atoms in total. The molecule has 23 heavy (non-hydrogen) atoms. The summed E-state index contributed by atoms with van der Waals surface area (Å²) >= 11 is 0. The van der Waals surface area contributed by atoms with Crippen molar-refractivity contribution in [3.63, 3.8) is 0 Å². The molecule has 0 spiro atoms. The molecular formula is C19H20N2O2. The van der Waals surface area contributed by atoms with Crippen molar-refractivity contribution in [1.82, 2.24) is 9.88 Å². The van der Waals surface area contributed by atoms with Crippen LogP contribution in [0.2, 0.25) is 0 Å². The van der Waals surface area contributed by atoms with Crippen molar-refractivity contribution in [3.8, 4) is 0 Å². The molecule has 1 fully saturated rings. The number of fused-ring (bicyclic) bond motifs is 3. The summed E-state index contributed by atoms with van der Waals surface area (Å²) in [4.78, 5) is 19.3. The van der Waals surface area contributed by atoms with Gasteiger partial charge in [0.05, 0.1) is 5.52 Å². The summed E-state index contributed by atoms with van der Waals surface area (Å²) in [5.74, 6) is 0.440. The Morgan fingerprint density at radius 2 is 1.83 bits per heavy atom. The number of para-hydroxylation sites is 1. The first-order valence-corrected chi connectivity index (χ1v) is 8.32. The summed E-state index contributed by atoms with van der Waals surface area (Å²) < 4.78 is 5.99. The molecule has 3 heterocycles. The first-order chi connectivity index (χ1) is 11.2. The van der Waals surface area contributed by atoms with E-state index in [0.717, 1.165) is 53.5 Å². The molecule has 1 aromatic carbocycles. The summed E-state index contributed by atoms with van der Waals surface area (Å²) in [5, 5.41) is 1.89. The number of aromatic nitrogens is 1. The average molecular weight is 308 g/mol. The molecule has 4 heteroatoms. The summed E-state index contributed by atoms with van der Waals surface area (Å²) in [6.45, 7) is 3.62. The molecular weight excluding hydrogens is 288 g/mol. The second-order valence-corrected chi connectivity index (χ2v) is 6.27. The SMILES string of the molecule is Cc1nc2ccccc2c2oc(C(=O)N3CCCCCC3)cc12. The first-order valence-electron chi connectivity index (χ1n) is 8.32. The van der Waals surface area contributed by atoms with Gasteiger partial charge in [-0.15, -0.1) is 0 Å². The highest BCUT2D eigenvalue weighted by molar-refractivity contribution is 6.06. The molecule has 0 N–H and O–H groups in total. The Kier molecular flexibility index (Phi) is 3.52. The van der Waals surface area contributed by atoms with Crippen molar-refractivity contribution < 1.29 is 9.21 Å². The van der Waals surface area contributed by atoms with Crippen molar-refractivity contribution in [2.45, 2.75) is 32.6 Å². The number of carbonyl (C=O) groups is 1. The first kappa shape index (κ1) is 14.2. The van der Waals surface area contributed by atoms with E-state index in [1.807, 2.05) is 42.2 Å². The fourth-order valence-electron chi connectivity index (χ4n) is 3.40. The zero-order valence-electron chi connectivity index (χ0n) is 13.3. The molecule has 1 saturated heterocycles. The number of carbonyl (C=O) groups excluding carboxylic acids is 1. The van der Waals surface area contributed by atoms with Crippen LogP contribution in [0.4, 0.5) is 0 Å². The molecule has 118 valence electrons. The molecule has 0 unspecified atom stereocenters. The van der Waals surface area contributed by atoms with E-state index in [1.165, 1.54) is 12.8 Å². The molecule has 0 saturated carbocycles. The number of pyridine rings is 1. The topological polar surface area (TPSA) is 46.3 Å². The number of rotatable bonds is 1. The summed E-state index contributed by atoms with van der Waals surface area (Å²) in [7, 11) is 0. The van der Waals surface area contributed by atoms with E-state index in [2.05, 4.69) is 4.98 Å². The molecule has 0 radical (unpaired) electrons. The van der Waals surface area contributed by atoms with Gasteiger partial charge in [0, 0.05) is 29.6 Å². The van der Waals surface area contributed by atoms with Gasteiger partial charge in [0.15, 0.2) is 5.76 Å². The third-order valence-corrected chi connectivity index (χ3v) is 4.66. The van der Waals surface area contributed by atoms with E-state index in [-0.39, 0.29) is 5.91 Å². The molecule has 2 aromatic heterocycles. The zero-order chi connectivity index (χ0) is 15.8. The summed E-state index contributed by atoms with van der Waals surface area (Å²) in [6, 6.07) is 9.76. The van der Waals surface area contributed by atoms with E-state index in [1.54, 1.807) is 0 Å². The van der Waals surface area contributed by atoms with Gasteiger partial charge in [0.2, 0.25) is 0 Å². The third kappa shape index (κ3) is 2.48. The maximum Gasteiger partial charge on any atom is 0.289 e. The van der Waals surface area contributed by atoms with Crippen LogP contribution in [0.15, 0.2) is 34.7 Å². The lowest BCUT2D eigenvalue weighted by Gasteiger charge is -2.18. The van der Waals surface area contributed by atoms with E-state index < -0.39 is 0 Å². The number of likely N-dealkylation sites (tertiary alicyclic amines) is 1. The van der Waals surface area contributed by atoms with Crippen LogP contribution in [-0.4, -0.2) is 28.9 Å². The Morgan fingerprint density at radius 3 is 2.61 bits per heavy atom. The van der Waals surface area contributed by atoms with E-state index in [0.29, 0.717) is 5.76 Å². The lowest BCUT2D eigenvalue weighted by atomic mass is 10.1. The molecule has 1 aliphatic rings. The maximum atomic E-state index is 12.8. The van der Waals surface area contributed by atoms with Crippen LogP contribution >= 0.6 is 0 Å². The number of aryl methyl sites for hydroxylation is 1. The Hall–Kier alpha value is -2.36. The highest BCUT2D eigenvalue weighted by Crippen LogP contribution is 2.29. The van der Waals surface area contributed by atoms with Crippen LogP contribution in [0.5, 0.6) is 0 Å². The van der Waals surface area contributed by atoms with Crippen LogP contribution in [0.25, 0.3) is 21.9 Å². The van der Waals surface area contributed by atoms with Crippen LogP contribution in [0.3, 0.4) is 0 Å². The predicted octanol–water partition coefficient (Wildman–Crippen LogP) is 4.31. The normalized spacial score (nSPS) is 16.0. The smallest absolute Gasteiger partial charge is 0.289 e. The summed E-state index contributed by atoms with van der Waals surface area (Å²) in [5.41, 5.74) is 2.57. The second-order valence-electron chi connectivity index (χ2n) is 6.27. The van der Waals surface area contributed by atoms with Crippen LogP contribution in [0.1, 0.15) is 41.9 Å². The van der Waals surface area contributed by atoms with Gasteiger partial charge < -0.3 is 9.32 Å². The Labute approximate surface area is 135 Å². The Bertz CT molecular complexity index is 874. The molecule has 0 atom stereocenters. The molecule has 1 amide bonds. The minimum absolute atomic E-state index is 0.00609. The van der Waals surface area contributed by atoms with Crippen LogP contribution in [-0.2, 0) is 0 Å². The van der Waals surface area contributed by atoms with Crippen molar-refractivity contribution in [1.29, 1.82) is 0 Å². The average Bonchev–Trinajstić information content (AvgIpc) is 2.84. The van der Waals surface area contributed by atoms with Crippen LogP contribution in [0, 0.1) is 6.92 Å². The van der Waals surface area contributed by atoms with Gasteiger partial charge in [-0.1, -0.05) is 25.0 Å². The minimum atomic E-state index is 0.00609. The molecule has 0 bridgehead atoms. The maximum absolute atomic E-state index is 12.8. The number of furan rings is 1. The molecule has 1 aliphatic heterocycles. The van der Waals surface area contributed by atoms with E-state index >= 15 is 0 Å². The van der Waals surface area contributed by atoms with Gasteiger partial charge in [-0.05, 0) is 38.0 Å². The van der Waals surface area contributed by atoms with Crippen molar-refractivity contribution in [3.05, 3.63) is 41.8 Å². The van der Waals surface area contributed by atoms with Crippen molar-refractivity contribution in [2.24, 2.45) is 0 Å². The standard InChI is InChI=1S/C19H20N2O2/c1-13-15-12-17(19(22)21-10-6-2-3-7-11-21)23-18(15)14-8-4-5-9-16(14)20-13/h4-5,8-9,12H,2-3,6-7,10-11H2,1H3. The number of nitrogens with zero attached hydrogens (tertiary/aromatic N) is 2. The highest BCUT2D eigenvalue weighted by atomic mass is 16.3. The van der Waals surface area contributed by atoms with Gasteiger partial charge in [-0.25, -0.2) is 0 Å². The monoisotopic (exact) mass is 308 g/mol. The number of hydrogen-bond donors (Lipinski definition) is 0. The quantitative estimate of drug-likeness (QED) is 0.673. The van der Waals surface area contributed by atoms with E-state index in [4.69, 9.17) is 4.42 Å². The predicted molar refractivity (Wildman–Crippen MR) is 90.6 cm³/mol. The van der Waals surface area contributed by atoms with Gasteiger partial charge in [-0.3, -0.25) is 9.78 Å². The van der Waals surface area contributed by atoms with Gasteiger partial charge in [0.1, 0.15) is 5.58 Å². The number of benzene rings is 1. The molecule has 3 aromatic rings. The largest absolute Gasteiger partial charge is 0.450 e. The Morgan fingerprint density at radius 1 is 1.09 bits per heavy atom. The lowest BCUT2D eigenvalue weighted by molar-refractivity contribution is 0.0732. The highest BCUT2D eigenvalue weighted by Gasteiger charge is 2.22. The number of hydrogen-bond acceptors (Lipinski definition) is 3. The lowest BCUT2D eigenvalue weighted by Crippen LogP contribution is -2.31. The minimum Gasteiger partial charge on any atom is -0.450 e. The zero-order valence-corrected chi connectivity index (χ0v) is 13.3. The Balaban J connectivity index is 1.80. The summed E-state index contributed by atoms with van der Waals surface area (Å²) in [6.07, 6.45) is 4.57. The van der Waals surface area contributed by atoms with Crippen molar-refractivity contribution >= 4 is 27.8 Å². The van der Waals surface area contributed by atoms with Gasteiger partial charge >= 0.3 is 0 Å². The molecule has 0 aliphatic carbocycles. The molecule has 4 rings (SSSR count). The van der Waals surface area contributed by atoms with E-state index in [9.17, 15) is 4.79 Å². The third-order valence-electron chi connectivity index (χ3n) is 4.66. The second kappa shape index (κ2) is 5.69. The van der Waals surface area contributed by atoms with Crippen molar-refractivity contribution in [2.75, 3.05) is 13.1 Å².